The molecule has 3 nitrogen and oxygen atoms in total. The lowest BCUT2D eigenvalue weighted by molar-refractivity contribution is 0.487. The molecule has 2 N–H and O–H groups in total. The molecule has 0 radical (unpaired) electrons. The normalized spacial score (nSPS) is 15.8. The van der Waals surface area contributed by atoms with Crippen molar-refractivity contribution in [3.8, 4) is 0 Å². The van der Waals surface area contributed by atoms with Crippen LogP contribution >= 0.6 is 15.9 Å². The van der Waals surface area contributed by atoms with E-state index in [1.165, 1.54) is 18.9 Å². The van der Waals surface area contributed by atoms with Gasteiger partial charge >= 0.3 is 0 Å². The lowest BCUT2D eigenvalue weighted by Crippen LogP contribution is -2.35. The van der Waals surface area contributed by atoms with Gasteiger partial charge in [-0.05, 0) is 43.0 Å². The smallest absolute Gasteiger partial charge is 0.191 e. The number of halogens is 2. The molecular weight excluding hydrogens is 297 g/mol. The average Bonchev–Trinajstić information content (AvgIpc) is 3.16. The molecular formula is C13H17BrFN3. The van der Waals surface area contributed by atoms with Crippen molar-refractivity contribution < 1.29 is 4.39 Å². The van der Waals surface area contributed by atoms with Crippen molar-refractivity contribution in [2.45, 2.75) is 25.3 Å². The first-order valence-corrected chi connectivity index (χ1v) is 6.84. The highest BCUT2D eigenvalue weighted by Gasteiger charge is 2.27. The first-order valence-electron chi connectivity index (χ1n) is 6.04. The molecule has 1 aliphatic carbocycles. The fourth-order valence-corrected chi connectivity index (χ4v) is 2.19. The van der Waals surface area contributed by atoms with Crippen molar-refractivity contribution in [2.24, 2.45) is 10.7 Å². The van der Waals surface area contributed by atoms with Crippen LogP contribution in [-0.2, 0) is 6.42 Å². The molecule has 0 aliphatic heterocycles. The molecule has 0 unspecified atom stereocenters. The summed E-state index contributed by atoms with van der Waals surface area (Å²) in [7, 11) is 1.95. The van der Waals surface area contributed by atoms with Gasteiger partial charge in [0.15, 0.2) is 5.96 Å². The monoisotopic (exact) mass is 313 g/mol. The molecule has 0 heterocycles. The summed E-state index contributed by atoms with van der Waals surface area (Å²) in [5.41, 5.74) is 6.53. The summed E-state index contributed by atoms with van der Waals surface area (Å²) in [5.74, 6) is 0.357. The van der Waals surface area contributed by atoms with Crippen molar-refractivity contribution in [3.05, 3.63) is 34.1 Å². The van der Waals surface area contributed by atoms with Gasteiger partial charge in [0.2, 0.25) is 0 Å². The maximum atomic E-state index is 13.5. The zero-order valence-corrected chi connectivity index (χ0v) is 12.0. The second-order valence-electron chi connectivity index (χ2n) is 4.57. The van der Waals surface area contributed by atoms with E-state index in [1.807, 2.05) is 11.9 Å². The van der Waals surface area contributed by atoms with Gasteiger partial charge in [-0.1, -0.05) is 15.9 Å². The van der Waals surface area contributed by atoms with Gasteiger partial charge in [-0.25, -0.2) is 4.39 Å². The first kappa shape index (κ1) is 13.3. The third kappa shape index (κ3) is 3.45. The summed E-state index contributed by atoms with van der Waals surface area (Å²) in [6.07, 6.45) is 2.93. The lowest BCUT2D eigenvalue weighted by Gasteiger charge is -2.16. The molecule has 2 rings (SSSR count). The molecule has 98 valence electrons. The molecule has 5 heteroatoms. The van der Waals surface area contributed by atoms with Crippen LogP contribution in [-0.4, -0.2) is 30.5 Å². The summed E-state index contributed by atoms with van der Waals surface area (Å²) in [6.45, 7) is 0.510. The van der Waals surface area contributed by atoms with E-state index in [-0.39, 0.29) is 5.82 Å². The van der Waals surface area contributed by atoms with Crippen molar-refractivity contribution in [3.63, 3.8) is 0 Å². The van der Waals surface area contributed by atoms with Crippen LogP contribution in [0.25, 0.3) is 0 Å². The molecule has 1 aromatic rings. The van der Waals surface area contributed by atoms with Crippen LogP contribution < -0.4 is 5.73 Å². The van der Waals surface area contributed by atoms with Gasteiger partial charge in [-0.2, -0.15) is 0 Å². The SMILES string of the molecule is CN(C(N)=NCCc1cc(Br)ccc1F)C1CC1. The zero-order chi connectivity index (χ0) is 13.1. The van der Waals surface area contributed by atoms with E-state index in [0.717, 1.165) is 4.47 Å². The maximum Gasteiger partial charge on any atom is 0.191 e. The lowest BCUT2D eigenvalue weighted by atomic mass is 10.1. The molecule has 0 aromatic heterocycles. The number of rotatable bonds is 4. The number of hydrogen-bond acceptors (Lipinski definition) is 1. The van der Waals surface area contributed by atoms with Crippen LogP contribution in [0.2, 0.25) is 0 Å². The molecule has 0 spiro atoms. The molecule has 0 amide bonds. The zero-order valence-electron chi connectivity index (χ0n) is 10.4. The quantitative estimate of drug-likeness (QED) is 0.685. The Bertz CT molecular complexity index is 458. The van der Waals surface area contributed by atoms with Crippen LogP contribution in [0.3, 0.4) is 0 Å². The fourth-order valence-electron chi connectivity index (χ4n) is 1.79. The molecule has 1 aliphatic rings. The number of guanidine groups is 1. The topological polar surface area (TPSA) is 41.6 Å². The molecule has 18 heavy (non-hydrogen) atoms. The number of nitrogens with zero attached hydrogens (tertiary/aromatic N) is 2. The number of hydrogen-bond donors (Lipinski definition) is 1. The molecule has 0 saturated heterocycles. The molecule has 1 saturated carbocycles. The summed E-state index contributed by atoms with van der Waals surface area (Å²) < 4.78 is 14.4. The van der Waals surface area contributed by atoms with Gasteiger partial charge in [0.25, 0.3) is 0 Å². The second kappa shape index (κ2) is 5.69. The molecule has 1 aromatic carbocycles. The van der Waals surface area contributed by atoms with Gasteiger partial charge in [0.05, 0.1) is 0 Å². The highest BCUT2D eigenvalue weighted by Crippen LogP contribution is 2.24. The highest BCUT2D eigenvalue weighted by atomic mass is 79.9. The van der Waals surface area contributed by atoms with E-state index in [9.17, 15) is 4.39 Å². The van der Waals surface area contributed by atoms with E-state index in [4.69, 9.17) is 5.73 Å². The van der Waals surface area contributed by atoms with Gasteiger partial charge in [-0.15, -0.1) is 0 Å². The van der Waals surface area contributed by atoms with Gasteiger partial charge in [0.1, 0.15) is 5.82 Å². The van der Waals surface area contributed by atoms with Crippen molar-refractivity contribution in [1.82, 2.24) is 4.90 Å². The minimum Gasteiger partial charge on any atom is -0.370 e. The largest absolute Gasteiger partial charge is 0.370 e. The third-order valence-electron chi connectivity index (χ3n) is 3.12. The van der Waals surface area contributed by atoms with Crippen molar-refractivity contribution in [1.29, 1.82) is 0 Å². The van der Waals surface area contributed by atoms with Gasteiger partial charge in [0, 0.05) is 24.1 Å². The standard InChI is InChI=1S/C13H17BrFN3/c1-18(11-3-4-11)13(16)17-7-6-9-8-10(14)2-5-12(9)15/h2,5,8,11H,3-4,6-7H2,1H3,(H2,16,17). The number of nitrogens with two attached hydrogens (primary N) is 1. The highest BCUT2D eigenvalue weighted by molar-refractivity contribution is 9.10. The number of aliphatic imine (C=N–C) groups is 1. The Balaban J connectivity index is 1.90. The van der Waals surface area contributed by atoms with Crippen molar-refractivity contribution in [2.75, 3.05) is 13.6 Å². The average molecular weight is 314 g/mol. The van der Waals surface area contributed by atoms with Crippen LogP contribution in [0.4, 0.5) is 4.39 Å². The molecule has 0 atom stereocenters. The summed E-state index contributed by atoms with van der Waals surface area (Å²) in [6, 6.07) is 5.49. The number of benzene rings is 1. The predicted molar refractivity (Wildman–Crippen MR) is 75.1 cm³/mol. The second-order valence-corrected chi connectivity index (χ2v) is 5.48. The van der Waals surface area contributed by atoms with Crippen molar-refractivity contribution >= 4 is 21.9 Å². The summed E-state index contributed by atoms with van der Waals surface area (Å²) >= 11 is 3.33. The Morgan fingerprint density at radius 1 is 1.56 bits per heavy atom. The molecule has 1 fully saturated rings. The maximum absolute atomic E-state index is 13.5. The van der Waals surface area contributed by atoms with Crippen LogP contribution in [0, 0.1) is 5.82 Å². The van der Waals surface area contributed by atoms with E-state index in [0.29, 0.717) is 30.5 Å². The van der Waals surface area contributed by atoms with E-state index >= 15 is 0 Å². The summed E-state index contributed by atoms with van der Waals surface area (Å²) in [4.78, 5) is 6.29. The summed E-state index contributed by atoms with van der Waals surface area (Å²) in [5, 5.41) is 0. The van der Waals surface area contributed by atoms with E-state index in [2.05, 4.69) is 20.9 Å². The minimum atomic E-state index is -0.192. The van der Waals surface area contributed by atoms with Crippen LogP contribution in [0.5, 0.6) is 0 Å². The van der Waals surface area contributed by atoms with Crippen LogP contribution in [0.1, 0.15) is 18.4 Å². The van der Waals surface area contributed by atoms with Crippen LogP contribution in [0.15, 0.2) is 27.7 Å². The Kier molecular flexibility index (Phi) is 4.22. The Morgan fingerprint density at radius 3 is 2.94 bits per heavy atom. The minimum absolute atomic E-state index is 0.192. The predicted octanol–water partition coefficient (Wildman–Crippen LogP) is 2.54. The van der Waals surface area contributed by atoms with Gasteiger partial charge in [-0.3, -0.25) is 4.99 Å². The van der Waals surface area contributed by atoms with E-state index < -0.39 is 0 Å². The van der Waals surface area contributed by atoms with E-state index in [1.54, 1.807) is 12.1 Å². The Labute approximate surface area is 115 Å². The fraction of sp³-hybridized carbons (Fsp3) is 0.462. The first-order chi connectivity index (χ1) is 8.58. The third-order valence-corrected chi connectivity index (χ3v) is 3.61. The molecule has 0 bridgehead atoms. The Hall–Kier alpha value is -1.10. The van der Waals surface area contributed by atoms with Gasteiger partial charge < -0.3 is 10.6 Å². The Morgan fingerprint density at radius 2 is 2.28 bits per heavy atom.